The van der Waals surface area contributed by atoms with Crippen LogP contribution in [0, 0.1) is 12.7 Å². The summed E-state index contributed by atoms with van der Waals surface area (Å²) in [6, 6.07) is 6.40. The molecule has 0 spiro atoms. The highest BCUT2D eigenvalue weighted by atomic mass is 79.9. The van der Waals surface area contributed by atoms with Crippen molar-refractivity contribution in [1.29, 1.82) is 0 Å². The Balaban J connectivity index is 2.59. The number of rotatable bonds is 3. The van der Waals surface area contributed by atoms with Crippen molar-refractivity contribution in [2.24, 2.45) is 0 Å². The lowest BCUT2D eigenvalue weighted by molar-refractivity contribution is 0.575. The maximum Gasteiger partial charge on any atom is 0.128 e. The zero-order chi connectivity index (χ0) is 14.0. The van der Waals surface area contributed by atoms with Crippen molar-refractivity contribution in [3.05, 3.63) is 57.4 Å². The molecule has 0 radical (unpaired) electrons. The van der Waals surface area contributed by atoms with Gasteiger partial charge in [0.25, 0.3) is 0 Å². The van der Waals surface area contributed by atoms with Crippen LogP contribution in [0.25, 0.3) is 0 Å². The van der Waals surface area contributed by atoms with Gasteiger partial charge in [-0.3, -0.25) is 0 Å². The average Bonchev–Trinajstić information content (AvgIpc) is 2.37. The van der Waals surface area contributed by atoms with Crippen molar-refractivity contribution < 1.29 is 4.39 Å². The summed E-state index contributed by atoms with van der Waals surface area (Å²) in [5, 5.41) is 3.10. The number of aromatic nitrogens is 1. The van der Waals surface area contributed by atoms with E-state index in [2.05, 4.69) is 26.2 Å². The van der Waals surface area contributed by atoms with Gasteiger partial charge in [0.2, 0.25) is 0 Å². The van der Waals surface area contributed by atoms with Crippen LogP contribution in [0.2, 0.25) is 0 Å². The normalized spacial score (nSPS) is 12.4. The molecule has 2 aromatic rings. The molecule has 0 amide bonds. The average molecular weight is 324 g/mol. The molecule has 0 saturated heterocycles. The zero-order valence-electron chi connectivity index (χ0n) is 10.7. The summed E-state index contributed by atoms with van der Waals surface area (Å²) in [6.07, 6.45) is 1.65. The zero-order valence-corrected chi connectivity index (χ0v) is 12.3. The quantitative estimate of drug-likeness (QED) is 0.912. The molecule has 0 bridgehead atoms. The predicted octanol–water partition coefficient (Wildman–Crippen LogP) is 3.18. The first kappa shape index (κ1) is 14.0. The van der Waals surface area contributed by atoms with Crippen molar-refractivity contribution >= 4 is 21.7 Å². The van der Waals surface area contributed by atoms with Crippen molar-refractivity contribution in [3.8, 4) is 0 Å². The number of benzene rings is 1. The van der Waals surface area contributed by atoms with Gasteiger partial charge in [-0.25, -0.2) is 9.37 Å². The molecule has 0 saturated carbocycles. The second-order valence-electron chi connectivity index (χ2n) is 4.31. The lowest BCUT2D eigenvalue weighted by Crippen LogP contribution is -2.21. The minimum atomic E-state index is -0.328. The number of pyridine rings is 1. The topological polar surface area (TPSA) is 50.9 Å². The molecule has 1 aromatic carbocycles. The van der Waals surface area contributed by atoms with Crippen molar-refractivity contribution in [2.45, 2.75) is 13.0 Å². The molecule has 0 aliphatic rings. The molecule has 0 aliphatic carbocycles. The van der Waals surface area contributed by atoms with E-state index in [4.69, 9.17) is 5.73 Å². The molecule has 1 aromatic heterocycles. The smallest absolute Gasteiger partial charge is 0.128 e. The molecule has 1 unspecified atom stereocenters. The van der Waals surface area contributed by atoms with Crippen LogP contribution in [0.3, 0.4) is 0 Å². The van der Waals surface area contributed by atoms with Gasteiger partial charge in [-0.1, -0.05) is 15.9 Å². The second-order valence-corrected chi connectivity index (χ2v) is 5.23. The molecule has 100 valence electrons. The fourth-order valence-corrected chi connectivity index (χ4v) is 2.54. The molecule has 19 heavy (non-hydrogen) atoms. The summed E-state index contributed by atoms with van der Waals surface area (Å²) < 4.78 is 14.9. The summed E-state index contributed by atoms with van der Waals surface area (Å²) in [7, 11) is 1.77. The van der Waals surface area contributed by atoms with Gasteiger partial charge in [0.1, 0.15) is 11.6 Å². The summed E-state index contributed by atoms with van der Waals surface area (Å²) >= 11 is 3.36. The number of hydrogen-bond donors (Lipinski definition) is 2. The third-order valence-corrected chi connectivity index (χ3v) is 3.58. The maximum absolute atomic E-state index is 14.0. The number of hydrogen-bond acceptors (Lipinski definition) is 3. The molecular weight excluding hydrogens is 309 g/mol. The van der Waals surface area contributed by atoms with E-state index in [1.807, 2.05) is 13.0 Å². The monoisotopic (exact) mass is 323 g/mol. The van der Waals surface area contributed by atoms with E-state index >= 15 is 0 Å². The number of anilines is 1. The van der Waals surface area contributed by atoms with Crippen LogP contribution >= 0.6 is 15.9 Å². The van der Waals surface area contributed by atoms with Crippen LogP contribution in [0.15, 0.2) is 34.9 Å². The number of halogens is 2. The van der Waals surface area contributed by atoms with E-state index in [1.54, 1.807) is 25.4 Å². The summed E-state index contributed by atoms with van der Waals surface area (Å²) in [5.74, 6) is 0.143. The first-order valence-corrected chi connectivity index (χ1v) is 6.67. The molecule has 1 atom stereocenters. The van der Waals surface area contributed by atoms with Crippen LogP contribution in [-0.2, 0) is 0 Å². The Labute approximate surface area is 120 Å². The lowest BCUT2D eigenvalue weighted by atomic mass is 9.95. The van der Waals surface area contributed by atoms with Crippen LogP contribution in [0.4, 0.5) is 10.2 Å². The fraction of sp³-hybridized carbons (Fsp3) is 0.214. The number of nitrogens with one attached hydrogen (secondary N) is 1. The highest BCUT2D eigenvalue weighted by molar-refractivity contribution is 9.10. The van der Waals surface area contributed by atoms with Crippen molar-refractivity contribution in [1.82, 2.24) is 10.3 Å². The van der Waals surface area contributed by atoms with Crippen LogP contribution in [0.1, 0.15) is 22.7 Å². The van der Waals surface area contributed by atoms with Gasteiger partial charge < -0.3 is 11.1 Å². The third-order valence-electron chi connectivity index (χ3n) is 3.09. The molecule has 2 rings (SSSR count). The number of nitrogens with zero attached hydrogens (tertiary/aromatic N) is 1. The molecule has 0 aliphatic heterocycles. The van der Waals surface area contributed by atoms with E-state index in [0.29, 0.717) is 11.4 Å². The second kappa shape index (κ2) is 5.67. The molecule has 3 N–H and O–H groups in total. The molecule has 0 fully saturated rings. The Hall–Kier alpha value is -1.46. The number of nitrogens with two attached hydrogens (primary N) is 1. The van der Waals surface area contributed by atoms with Gasteiger partial charge in [-0.2, -0.15) is 0 Å². The number of aryl methyl sites for hydroxylation is 1. The summed E-state index contributed by atoms with van der Waals surface area (Å²) in [6.45, 7) is 1.94. The SMILES string of the molecule is CNC(c1cc(Br)ccc1F)c1c(C)ccnc1N. The molecular formula is C14H15BrFN3. The van der Waals surface area contributed by atoms with E-state index < -0.39 is 0 Å². The van der Waals surface area contributed by atoms with Gasteiger partial charge in [-0.05, 0) is 43.8 Å². The first-order chi connectivity index (χ1) is 9.04. The van der Waals surface area contributed by atoms with Crippen LogP contribution in [0.5, 0.6) is 0 Å². The highest BCUT2D eigenvalue weighted by Gasteiger charge is 2.21. The Morgan fingerprint density at radius 2 is 2.11 bits per heavy atom. The molecule has 3 nitrogen and oxygen atoms in total. The third kappa shape index (κ3) is 2.77. The Morgan fingerprint density at radius 1 is 1.37 bits per heavy atom. The standard InChI is InChI=1S/C14H15BrFN3/c1-8-5-6-19-14(17)12(8)13(18-2)10-7-9(15)3-4-11(10)16/h3-7,13,18H,1-2H3,(H2,17,19). The van der Waals surface area contributed by atoms with Crippen LogP contribution in [-0.4, -0.2) is 12.0 Å². The Kier molecular flexibility index (Phi) is 4.17. The first-order valence-electron chi connectivity index (χ1n) is 5.87. The Morgan fingerprint density at radius 3 is 2.74 bits per heavy atom. The van der Waals surface area contributed by atoms with Crippen LogP contribution < -0.4 is 11.1 Å². The molecule has 1 heterocycles. The van der Waals surface area contributed by atoms with E-state index in [9.17, 15) is 4.39 Å². The summed E-state index contributed by atoms with van der Waals surface area (Å²) in [4.78, 5) is 4.09. The van der Waals surface area contributed by atoms with Gasteiger partial charge >= 0.3 is 0 Å². The fourth-order valence-electron chi connectivity index (χ4n) is 2.16. The van der Waals surface area contributed by atoms with E-state index in [1.165, 1.54) is 6.07 Å². The van der Waals surface area contributed by atoms with E-state index in [-0.39, 0.29) is 11.9 Å². The lowest BCUT2D eigenvalue weighted by Gasteiger charge is -2.21. The van der Waals surface area contributed by atoms with Gasteiger partial charge in [0.05, 0.1) is 6.04 Å². The molecule has 5 heteroatoms. The summed E-state index contributed by atoms with van der Waals surface area (Å²) in [5.41, 5.74) is 8.26. The number of nitrogen functional groups attached to an aromatic ring is 1. The Bertz CT molecular complexity index is 581. The van der Waals surface area contributed by atoms with Crippen molar-refractivity contribution in [3.63, 3.8) is 0 Å². The van der Waals surface area contributed by atoms with Gasteiger partial charge in [0, 0.05) is 21.8 Å². The largest absolute Gasteiger partial charge is 0.383 e. The van der Waals surface area contributed by atoms with Crippen molar-refractivity contribution in [2.75, 3.05) is 12.8 Å². The van der Waals surface area contributed by atoms with Gasteiger partial charge in [-0.15, -0.1) is 0 Å². The predicted molar refractivity (Wildman–Crippen MR) is 78.4 cm³/mol. The minimum absolute atomic E-state index is 0.273. The maximum atomic E-state index is 14.0. The minimum Gasteiger partial charge on any atom is -0.383 e. The van der Waals surface area contributed by atoms with E-state index in [0.717, 1.165) is 15.6 Å². The highest BCUT2D eigenvalue weighted by Crippen LogP contribution is 2.31. The van der Waals surface area contributed by atoms with Gasteiger partial charge in [0.15, 0.2) is 0 Å².